The monoisotopic (exact) mass is 468 g/mol. The van der Waals surface area contributed by atoms with E-state index in [1.807, 2.05) is 0 Å². The highest BCUT2D eigenvalue weighted by Crippen LogP contribution is 2.46. The number of nitrogens with one attached hydrogen (secondary N) is 1. The molecule has 184 valence electrons. The number of aldehydes is 1. The standard InChI is InChI=1S/C16H19N.C12H15N.C4H6O/c1-10-3-2-4-12-9-14-13(15(10)12)7-8-17-16(14)11-5-6-11;1-9-3-2-4-10-5-6-11(7-8-13)12(9)10;5-3-4-1-2-4/h2-4,11,16-17H,5-9H2,1H3;2-4,6H,5,7-8,13H2,1H3;3-4H,1-2H2. The van der Waals surface area contributed by atoms with Crippen molar-refractivity contribution in [3.8, 4) is 0 Å². The van der Waals surface area contributed by atoms with E-state index in [-0.39, 0.29) is 0 Å². The second kappa shape index (κ2) is 10.6. The van der Waals surface area contributed by atoms with Crippen LogP contribution in [0.15, 0.2) is 48.0 Å². The minimum Gasteiger partial charge on any atom is -0.330 e. The zero-order chi connectivity index (χ0) is 24.4. The molecule has 2 aromatic carbocycles. The number of nitrogens with two attached hydrogens (primary N) is 1. The molecule has 1 atom stereocenters. The number of benzene rings is 2. The van der Waals surface area contributed by atoms with Gasteiger partial charge in [-0.05, 0) is 134 Å². The van der Waals surface area contributed by atoms with Gasteiger partial charge in [0.25, 0.3) is 0 Å². The van der Waals surface area contributed by atoms with Crippen LogP contribution in [0.1, 0.15) is 71.9 Å². The van der Waals surface area contributed by atoms with Crippen LogP contribution in [-0.4, -0.2) is 25.4 Å². The summed E-state index contributed by atoms with van der Waals surface area (Å²) in [7, 11) is 0. The van der Waals surface area contributed by atoms with Gasteiger partial charge in [-0.2, -0.15) is 0 Å². The fraction of sp³-hybridized carbons (Fsp3) is 0.469. The summed E-state index contributed by atoms with van der Waals surface area (Å²) < 4.78 is 0. The summed E-state index contributed by atoms with van der Waals surface area (Å²) in [5.41, 5.74) is 19.4. The fourth-order valence-corrected chi connectivity index (χ4v) is 6.03. The van der Waals surface area contributed by atoms with Crippen molar-refractivity contribution < 1.29 is 4.79 Å². The molecule has 3 heteroatoms. The first-order valence-corrected chi connectivity index (χ1v) is 13.6. The van der Waals surface area contributed by atoms with Gasteiger partial charge in [0.15, 0.2) is 0 Å². The van der Waals surface area contributed by atoms with Gasteiger partial charge in [0.05, 0.1) is 0 Å². The number of carbonyl (C=O) groups is 1. The first-order valence-electron chi connectivity index (χ1n) is 13.6. The molecule has 2 fully saturated rings. The SMILES string of the molecule is Cc1cccc2c1C(CCN)=CC2.Cc1cccc2c1C1=C(C2)C(C2CC2)NCC1.O=CC1CC1. The van der Waals surface area contributed by atoms with Gasteiger partial charge >= 0.3 is 0 Å². The number of hydrogen-bond acceptors (Lipinski definition) is 3. The minimum atomic E-state index is 0.454. The lowest BCUT2D eigenvalue weighted by atomic mass is 9.91. The average Bonchev–Trinajstić information content (AvgIpc) is 3.80. The van der Waals surface area contributed by atoms with Crippen molar-refractivity contribution in [2.75, 3.05) is 13.1 Å². The van der Waals surface area contributed by atoms with Crippen molar-refractivity contribution in [1.82, 2.24) is 5.32 Å². The summed E-state index contributed by atoms with van der Waals surface area (Å²) in [5, 5.41) is 3.75. The lowest BCUT2D eigenvalue weighted by molar-refractivity contribution is -0.108. The van der Waals surface area contributed by atoms with Crippen LogP contribution in [0.3, 0.4) is 0 Å². The van der Waals surface area contributed by atoms with Crippen molar-refractivity contribution >= 4 is 17.4 Å². The summed E-state index contributed by atoms with van der Waals surface area (Å²) in [6.07, 6.45) is 13.0. The molecule has 2 saturated carbocycles. The van der Waals surface area contributed by atoms with Gasteiger partial charge in [0, 0.05) is 12.0 Å². The van der Waals surface area contributed by atoms with E-state index in [0.29, 0.717) is 12.0 Å². The van der Waals surface area contributed by atoms with E-state index in [1.54, 1.807) is 22.3 Å². The van der Waals surface area contributed by atoms with E-state index < -0.39 is 0 Å². The van der Waals surface area contributed by atoms with E-state index in [9.17, 15) is 4.79 Å². The first-order chi connectivity index (χ1) is 17.1. The molecule has 3 nitrogen and oxygen atoms in total. The summed E-state index contributed by atoms with van der Waals surface area (Å²) >= 11 is 0. The summed E-state index contributed by atoms with van der Waals surface area (Å²) in [6.45, 7) is 6.37. The van der Waals surface area contributed by atoms with Crippen molar-refractivity contribution in [2.24, 2.45) is 17.6 Å². The topological polar surface area (TPSA) is 55.1 Å². The van der Waals surface area contributed by atoms with Crippen LogP contribution < -0.4 is 11.1 Å². The summed E-state index contributed by atoms with van der Waals surface area (Å²) in [5.74, 6) is 1.39. The Hall–Kier alpha value is -2.49. The second-order valence-electron chi connectivity index (χ2n) is 10.9. The second-order valence-corrected chi connectivity index (χ2v) is 10.9. The molecule has 7 rings (SSSR count). The molecule has 3 N–H and O–H groups in total. The zero-order valence-corrected chi connectivity index (χ0v) is 21.4. The molecule has 0 amide bonds. The maximum Gasteiger partial charge on any atom is 0.123 e. The Balaban J connectivity index is 0.000000124. The van der Waals surface area contributed by atoms with Gasteiger partial charge in [-0.15, -0.1) is 0 Å². The highest BCUT2D eigenvalue weighted by atomic mass is 16.1. The fourth-order valence-electron chi connectivity index (χ4n) is 6.03. The molecule has 35 heavy (non-hydrogen) atoms. The van der Waals surface area contributed by atoms with Crippen LogP contribution in [-0.2, 0) is 17.6 Å². The maximum atomic E-state index is 9.57. The number of hydrogen-bond donors (Lipinski definition) is 2. The Morgan fingerprint density at radius 1 is 0.971 bits per heavy atom. The van der Waals surface area contributed by atoms with Gasteiger partial charge in [0.2, 0.25) is 0 Å². The molecule has 0 saturated heterocycles. The summed E-state index contributed by atoms with van der Waals surface area (Å²) in [6, 6.07) is 14.0. The molecule has 0 radical (unpaired) electrons. The summed E-state index contributed by atoms with van der Waals surface area (Å²) in [4.78, 5) is 9.57. The smallest absolute Gasteiger partial charge is 0.123 e. The highest BCUT2D eigenvalue weighted by Gasteiger charge is 2.39. The third-order valence-electron chi connectivity index (χ3n) is 8.11. The molecule has 0 aromatic heterocycles. The normalized spacial score (nSPS) is 21.6. The third-order valence-corrected chi connectivity index (χ3v) is 8.11. The van der Waals surface area contributed by atoms with Crippen LogP contribution in [0, 0.1) is 25.7 Å². The lowest BCUT2D eigenvalue weighted by Crippen LogP contribution is -2.37. The van der Waals surface area contributed by atoms with Crippen LogP contribution in [0.2, 0.25) is 0 Å². The lowest BCUT2D eigenvalue weighted by Gasteiger charge is -2.27. The van der Waals surface area contributed by atoms with Crippen molar-refractivity contribution in [3.63, 3.8) is 0 Å². The molecule has 1 aliphatic heterocycles. The van der Waals surface area contributed by atoms with E-state index in [0.717, 1.165) is 44.4 Å². The van der Waals surface area contributed by atoms with E-state index in [4.69, 9.17) is 5.73 Å². The molecule has 4 aliphatic carbocycles. The van der Waals surface area contributed by atoms with E-state index in [1.165, 1.54) is 60.1 Å². The number of fused-ring (bicyclic) bond motifs is 3. The van der Waals surface area contributed by atoms with Gasteiger partial charge in [-0.1, -0.05) is 42.5 Å². The zero-order valence-electron chi connectivity index (χ0n) is 21.4. The predicted molar refractivity (Wildman–Crippen MR) is 146 cm³/mol. The molecule has 1 heterocycles. The van der Waals surface area contributed by atoms with Gasteiger partial charge in [-0.3, -0.25) is 0 Å². The highest BCUT2D eigenvalue weighted by molar-refractivity contribution is 5.80. The Labute approximate surface area is 210 Å². The third kappa shape index (κ3) is 5.37. The van der Waals surface area contributed by atoms with E-state index >= 15 is 0 Å². The van der Waals surface area contributed by atoms with Gasteiger partial charge in [-0.25, -0.2) is 0 Å². The Bertz CT molecular complexity index is 1150. The number of carbonyl (C=O) groups excluding carboxylic acids is 1. The van der Waals surface area contributed by atoms with Crippen molar-refractivity contribution in [3.05, 3.63) is 81.4 Å². The van der Waals surface area contributed by atoms with Crippen LogP contribution >= 0.6 is 0 Å². The first kappa shape index (κ1) is 24.2. The van der Waals surface area contributed by atoms with Crippen LogP contribution in [0.5, 0.6) is 0 Å². The Kier molecular flexibility index (Phi) is 7.36. The van der Waals surface area contributed by atoms with E-state index in [2.05, 4.69) is 61.6 Å². The average molecular weight is 469 g/mol. The molecule has 2 aromatic rings. The maximum absolute atomic E-state index is 9.57. The molecular weight excluding hydrogens is 428 g/mol. The van der Waals surface area contributed by atoms with Gasteiger partial charge < -0.3 is 15.8 Å². The largest absolute Gasteiger partial charge is 0.330 e. The van der Waals surface area contributed by atoms with Crippen molar-refractivity contribution in [1.29, 1.82) is 0 Å². The van der Waals surface area contributed by atoms with Crippen LogP contribution in [0.4, 0.5) is 0 Å². The quantitative estimate of drug-likeness (QED) is 0.545. The molecule has 0 bridgehead atoms. The molecule has 1 unspecified atom stereocenters. The Morgan fingerprint density at radius 3 is 2.31 bits per heavy atom. The van der Waals surface area contributed by atoms with Crippen LogP contribution in [0.25, 0.3) is 11.1 Å². The Morgan fingerprint density at radius 2 is 1.69 bits per heavy atom. The molecule has 5 aliphatic rings. The predicted octanol–water partition coefficient (Wildman–Crippen LogP) is 5.96. The molecule has 0 spiro atoms. The van der Waals surface area contributed by atoms with Gasteiger partial charge in [0.1, 0.15) is 6.29 Å². The molecular formula is C32H40N2O. The number of rotatable bonds is 4. The number of aryl methyl sites for hydroxylation is 2. The number of allylic oxidation sites excluding steroid dienone is 1. The minimum absolute atomic E-state index is 0.454. The van der Waals surface area contributed by atoms with Crippen molar-refractivity contribution in [2.45, 2.75) is 71.3 Å².